The molecular weight excluding hydrogens is 420 g/mol. The third-order valence-corrected chi connectivity index (χ3v) is 6.24. The molecule has 7 nitrogen and oxygen atoms in total. The van der Waals surface area contributed by atoms with Gasteiger partial charge >= 0.3 is 0 Å². The van der Waals surface area contributed by atoms with Crippen LogP contribution >= 0.6 is 22.9 Å². The second kappa shape index (κ2) is 7.86. The van der Waals surface area contributed by atoms with Crippen molar-refractivity contribution in [3.05, 3.63) is 51.4 Å². The van der Waals surface area contributed by atoms with E-state index >= 15 is 0 Å². The summed E-state index contributed by atoms with van der Waals surface area (Å²) < 4.78 is 23.5. The van der Waals surface area contributed by atoms with Crippen molar-refractivity contribution in [2.45, 2.75) is 11.8 Å². The molecule has 0 saturated heterocycles. The molecule has 1 aromatic carbocycles. The Labute approximate surface area is 171 Å². The number of anilines is 2. The van der Waals surface area contributed by atoms with Gasteiger partial charge in [-0.1, -0.05) is 11.6 Å². The maximum absolute atomic E-state index is 12.6. The number of sulfone groups is 1. The van der Waals surface area contributed by atoms with Crippen molar-refractivity contribution >= 4 is 50.1 Å². The molecule has 2 aromatic heterocycles. The zero-order chi connectivity index (χ0) is 20.5. The summed E-state index contributed by atoms with van der Waals surface area (Å²) in [6.07, 6.45) is 4.41. The topological polar surface area (TPSA) is 101 Å². The lowest BCUT2D eigenvalue weighted by molar-refractivity contribution is 0.103. The number of nitrogens with zero attached hydrogens (tertiary/aromatic N) is 2. The molecular formula is C18H17ClN4O3S2. The number of nitrogens with one attached hydrogen (secondary N) is 2. The maximum Gasteiger partial charge on any atom is 0.265 e. The van der Waals surface area contributed by atoms with Crippen molar-refractivity contribution in [2.75, 3.05) is 23.9 Å². The zero-order valence-corrected chi connectivity index (χ0v) is 17.7. The molecule has 10 heteroatoms. The summed E-state index contributed by atoms with van der Waals surface area (Å²) in [5.74, 6) is 0.154. The van der Waals surface area contributed by atoms with Gasteiger partial charge in [0, 0.05) is 34.5 Å². The fraction of sp³-hybridized carbons (Fsp3) is 0.167. The molecule has 0 aliphatic heterocycles. The van der Waals surface area contributed by atoms with Crippen LogP contribution in [0.25, 0.3) is 11.4 Å². The van der Waals surface area contributed by atoms with Crippen molar-refractivity contribution in [3.8, 4) is 11.4 Å². The molecule has 2 N–H and O–H groups in total. The van der Waals surface area contributed by atoms with Crippen LogP contribution in [0.4, 0.5) is 11.4 Å². The summed E-state index contributed by atoms with van der Waals surface area (Å²) in [7, 11) is -1.67. The predicted octanol–water partition coefficient (Wildman–Crippen LogP) is 3.86. The first-order valence-electron chi connectivity index (χ1n) is 8.10. The fourth-order valence-electron chi connectivity index (χ4n) is 2.45. The average molecular weight is 437 g/mol. The highest BCUT2D eigenvalue weighted by Gasteiger charge is 2.17. The Hall–Kier alpha value is -2.49. The first-order valence-corrected chi connectivity index (χ1v) is 11.2. The van der Waals surface area contributed by atoms with E-state index in [1.165, 1.54) is 29.5 Å². The number of halogens is 1. The predicted molar refractivity (Wildman–Crippen MR) is 112 cm³/mol. The molecule has 0 saturated carbocycles. The van der Waals surface area contributed by atoms with Crippen LogP contribution in [0.5, 0.6) is 0 Å². The lowest BCUT2D eigenvalue weighted by Gasteiger charge is -2.07. The normalized spacial score (nSPS) is 11.3. The third-order valence-electron chi connectivity index (χ3n) is 3.88. The summed E-state index contributed by atoms with van der Waals surface area (Å²) in [5, 5.41) is 5.87. The van der Waals surface area contributed by atoms with Gasteiger partial charge in [0.2, 0.25) is 0 Å². The van der Waals surface area contributed by atoms with Crippen LogP contribution in [-0.4, -0.2) is 37.6 Å². The van der Waals surface area contributed by atoms with Gasteiger partial charge in [-0.3, -0.25) is 4.79 Å². The molecule has 146 valence electrons. The molecule has 0 spiro atoms. The van der Waals surface area contributed by atoms with Gasteiger partial charge in [0.15, 0.2) is 15.7 Å². The lowest BCUT2D eigenvalue weighted by atomic mass is 10.2. The van der Waals surface area contributed by atoms with Crippen molar-refractivity contribution in [1.29, 1.82) is 0 Å². The smallest absolute Gasteiger partial charge is 0.265 e. The lowest BCUT2D eigenvalue weighted by Crippen LogP contribution is -2.11. The number of hydrogen-bond donors (Lipinski definition) is 2. The molecule has 2 heterocycles. The molecule has 0 aliphatic rings. The average Bonchev–Trinajstić information content (AvgIpc) is 3.02. The highest BCUT2D eigenvalue weighted by molar-refractivity contribution is 7.90. The van der Waals surface area contributed by atoms with Gasteiger partial charge in [-0.25, -0.2) is 18.4 Å². The van der Waals surface area contributed by atoms with Gasteiger partial charge in [-0.05, 0) is 31.2 Å². The Kier molecular flexibility index (Phi) is 5.69. The number of carbonyl (C=O) groups is 1. The number of rotatable bonds is 5. The number of carbonyl (C=O) groups excluding carboxylic acids is 1. The van der Waals surface area contributed by atoms with E-state index in [1.54, 1.807) is 25.5 Å². The van der Waals surface area contributed by atoms with E-state index < -0.39 is 9.84 Å². The number of hydrogen-bond acceptors (Lipinski definition) is 7. The van der Waals surface area contributed by atoms with Gasteiger partial charge in [-0.15, -0.1) is 11.3 Å². The van der Waals surface area contributed by atoms with Gasteiger partial charge in [0.25, 0.3) is 5.91 Å². The minimum absolute atomic E-state index is 0.0383. The summed E-state index contributed by atoms with van der Waals surface area (Å²) in [4.78, 5) is 22.6. The molecule has 0 atom stereocenters. The van der Waals surface area contributed by atoms with E-state index in [0.29, 0.717) is 16.4 Å². The number of benzene rings is 1. The van der Waals surface area contributed by atoms with Crippen molar-refractivity contribution in [1.82, 2.24) is 9.97 Å². The van der Waals surface area contributed by atoms with Crippen molar-refractivity contribution in [2.24, 2.45) is 0 Å². The molecule has 3 aromatic rings. The Morgan fingerprint density at radius 2 is 1.79 bits per heavy atom. The molecule has 0 aliphatic carbocycles. The maximum atomic E-state index is 12.6. The van der Waals surface area contributed by atoms with Crippen molar-refractivity contribution < 1.29 is 13.2 Å². The first-order chi connectivity index (χ1) is 13.2. The molecule has 28 heavy (non-hydrogen) atoms. The van der Waals surface area contributed by atoms with Crippen LogP contribution in [0, 0.1) is 6.92 Å². The number of amides is 1. The Morgan fingerprint density at radius 1 is 1.11 bits per heavy atom. The van der Waals surface area contributed by atoms with Gasteiger partial charge < -0.3 is 10.6 Å². The summed E-state index contributed by atoms with van der Waals surface area (Å²) >= 11 is 7.29. The highest BCUT2D eigenvalue weighted by atomic mass is 35.5. The van der Waals surface area contributed by atoms with Crippen LogP contribution in [0.3, 0.4) is 0 Å². The number of aromatic nitrogens is 2. The first kappa shape index (κ1) is 20.2. The summed E-state index contributed by atoms with van der Waals surface area (Å²) in [6, 6.07) is 5.92. The second-order valence-corrected chi connectivity index (χ2v) is 9.74. The quantitative estimate of drug-likeness (QED) is 0.629. The summed E-state index contributed by atoms with van der Waals surface area (Å²) in [6.45, 7) is 1.88. The number of aryl methyl sites for hydroxylation is 1. The molecule has 0 fully saturated rings. The zero-order valence-electron chi connectivity index (χ0n) is 15.3. The van der Waals surface area contributed by atoms with Crippen LogP contribution in [-0.2, 0) is 9.84 Å². The van der Waals surface area contributed by atoms with Crippen LogP contribution in [0.15, 0.2) is 41.6 Å². The molecule has 0 unspecified atom stereocenters. The van der Waals surface area contributed by atoms with E-state index in [0.717, 1.165) is 22.4 Å². The van der Waals surface area contributed by atoms with E-state index in [9.17, 15) is 13.2 Å². The SMILES string of the molecule is CNc1cnc(-c2cc(C(=O)Nc3cc(Cl)cc(S(C)(=O)=O)c3)sc2C)nc1. The monoisotopic (exact) mass is 436 g/mol. The molecule has 1 amide bonds. The van der Waals surface area contributed by atoms with Crippen LogP contribution < -0.4 is 10.6 Å². The summed E-state index contributed by atoms with van der Waals surface area (Å²) in [5.41, 5.74) is 1.86. The standard InChI is InChI=1S/C18H17ClN4O3S2/c1-10-15(17-21-8-13(20-2)9-22-17)7-16(27-10)18(24)23-12-4-11(19)5-14(6-12)28(3,25)26/h4-9,20H,1-3H3,(H,23,24). The van der Waals surface area contributed by atoms with Gasteiger partial charge in [0.05, 0.1) is 27.9 Å². The Morgan fingerprint density at radius 3 is 2.39 bits per heavy atom. The van der Waals surface area contributed by atoms with E-state index in [2.05, 4.69) is 20.6 Å². The van der Waals surface area contributed by atoms with Gasteiger partial charge in [-0.2, -0.15) is 0 Å². The molecule has 0 bridgehead atoms. The Bertz CT molecular complexity index is 1140. The van der Waals surface area contributed by atoms with E-state index in [4.69, 9.17) is 11.6 Å². The van der Waals surface area contributed by atoms with Crippen LogP contribution in [0.1, 0.15) is 14.5 Å². The molecule has 0 radical (unpaired) electrons. The van der Waals surface area contributed by atoms with E-state index in [1.807, 2.05) is 6.92 Å². The highest BCUT2D eigenvalue weighted by Crippen LogP contribution is 2.30. The minimum atomic E-state index is -3.45. The minimum Gasteiger partial charge on any atom is -0.386 e. The van der Waals surface area contributed by atoms with E-state index in [-0.39, 0.29) is 15.8 Å². The second-order valence-electron chi connectivity index (χ2n) is 6.03. The van der Waals surface area contributed by atoms with Gasteiger partial charge in [0.1, 0.15) is 0 Å². The third kappa shape index (κ3) is 4.49. The van der Waals surface area contributed by atoms with Crippen LogP contribution in [0.2, 0.25) is 5.02 Å². The largest absolute Gasteiger partial charge is 0.386 e. The molecule has 3 rings (SSSR count). The Balaban J connectivity index is 1.87. The fourth-order valence-corrected chi connectivity index (χ4v) is 4.35. The van der Waals surface area contributed by atoms with Crippen molar-refractivity contribution in [3.63, 3.8) is 0 Å². The number of thiophene rings is 1.